The second-order valence-corrected chi connectivity index (χ2v) is 5.45. The number of aromatic nitrogens is 1. The van der Waals surface area contributed by atoms with Crippen molar-refractivity contribution in [1.29, 1.82) is 0 Å². The summed E-state index contributed by atoms with van der Waals surface area (Å²) in [7, 11) is 0. The molecule has 2 heterocycles. The van der Waals surface area contributed by atoms with E-state index in [9.17, 15) is 4.79 Å². The minimum atomic E-state index is 0.198. The number of carbonyl (C=O) groups is 1. The number of rotatable bonds is 5. The standard InChI is InChI=1S/C18H20N2O2/c21-18(7-9-20-10-12-22-13-11-20)16-5-3-15(4-6-16)17-2-1-8-19-14-17/h1-6,8,14H,7,9-13H2. The lowest BCUT2D eigenvalue weighted by atomic mass is 10.0. The summed E-state index contributed by atoms with van der Waals surface area (Å²) in [5.41, 5.74) is 2.92. The fourth-order valence-electron chi connectivity index (χ4n) is 2.61. The van der Waals surface area contributed by atoms with Crippen molar-refractivity contribution in [2.45, 2.75) is 6.42 Å². The molecule has 0 amide bonds. The van der Waals surface area contributed by atoms with Crippen molar-refractivity contribution in [3.8, 4) is 11.1 Å². The van der Waals surface area contributed by atoms with Crippen molar-refractivity contribution in [3.05, 3.63) is 54.4 Å². The van der Waals surface area contributed by atoms with Gasteiger partial charge in [-0.1, -0.05) is 30.3 Å². The summed E-state index contributed by atoms with van der Waals surface area (Å²) < 4.78 is 5.31. The van der Waals surface area contributed by atoms with Crippen molar-refractivity contribution in [2.75, 3.05) is 32.8 Å². The van der Waals surface area contributed by atoms with Crippen LogP contribution in [0.4, 0.5) is 0 Å². The first kappa shape index (κ1) is 14.9. The predicted molar refractivity (Wildman–Crippen MR) is 85.9 cm³/mol. The highest BCUT2D eigenvalue weighted by molar-refractivity contribution is 5.96. The van der Waals surface area contributed by atoms with Crippen LogP contribution >= 0.6 is 0 Å². The Balaban J connectivity index is 1.59. The number of hydrogen-bond acceptors (Lipinski definition) is 4. The summed E-state index contributed by atoms with van der Waals surface area (Å²) in [6, 6.07) is 11.7. The van der Waals surface area contributed by atoms with Crippen LogP contribution in [0.1, 0.15) is 16.8 Å². The van der Waals surface area contributed by atoms with E-state index in [0.717, 1.165) is 49.5 Å². The number of nitrogens with zero attached hydrogens (tertiary/aromatic N) is 2. The normalized spacial score (nSPS) is 15.6. The molecule has 0 radical (unpaired) electrons. The Labute approximate surface area is 130 Å². The van der Waals surface area contributed by atoms with Crippen LogP contribution in [0.25, 0.3) is 11.1 Å². The molecule has 0 spiro atoms. The van der Waals surface area contributed by atoms with Gasteiger partial charge < -0.3 is 4.74 Å². The molecule has 0 aliphatic carbocycles. The van der Waals surface area contributed by atoms with Crippen LogP contribution in [0.2, 0.25) is 0 Å². The van der Waals surface area contributed by atoms with Gasteiger partial charge in [-0.3, -0.25) is 14.7 Å². The first-order chi connectivity index (χ1) is 10.8. The third kappa shape index (κ3) is 3.78. The molecule has 1 saturated heterocycles. The Kier molecular flexibility index (Phi) is 4.93. The molecular weight excluding hydrogens is 276 g/mol. The van der Waals surface area contributed by atoms with Crippen LogP contribution in [0.5, 0.6) is 0 Å². The molecule has 4 heteroatoms. The molecule has 0 bridgehead atoms. The van der Waals surface area contributed by atoms with E-state index in [1.165, 1.54) is 0 Å². The molecule has 1 aromatic carbocycles. The number of hydrogen-bond donors (Lipinski definition) is 0. The quantitative estimate of drug-likeness (QED) is 0.796. The second-order valence-electron chi connectivity index (χ2n) is 5.45. The van der Waals surface area contributed by atoms with E-state index in [2.05, 4.69) is 9.88 Å². The zero-order chi connectivity index (χ0) is 15.2. The maximum Gasteiger partial charge on any atom is 0.164 e. The average molecular weight is 296 g/mol. The van der Waals surface area contributed by atoms with Gasteiger partial charge in [0.05, 0.1) is 13.2 Å². The topological polar surface area (TPSA) is 42.4 Å². The highest BCUT2D eigenvalue weighted by Gasteiger charge is 2.13. The molecule has 3 rings (SSSR count). The molecule has 22 heavy (non-hydrogen) atoms. The Morgan fingerprint density at radius 3 is 2.55 bits per heavy atom. The first-order valence-corrected chi connectivity index (χ1v) is 7.67. The number of benzene rings is 1. The van der Waals surface area contributed by atoms with E-state index in [4.69, 9.17) is 4.74 Å². The molecular formula is C18H20N2O2. The zero-order valence-corrected chi connectivity index (χ0v) is 12.6. The molecule has 1 aromatic heterocycles. The molecule has 2 aromatic rings. The Morgan fingerprint density at radius 2 is 1.86 bits per heavy atom. The van der Waals surface area contributed by atoms with Gasteiger partial charge in [-0.25, -0.2) is 0 Å². The summed E-state index contributed by atoms with van der Waals surface area (Å²) in [4.78, 5) is 18.7. The van der Waals surface area contributed by atoms with Crippen LogP contribution in [0, 0.1) is 0 Å². The highest BCUT2D eigenvalue weighted by Crippen LogP contribution is 2.19. The SMILES string of the molecule is O=C(CCN1CCOCC1)c1ccc(-c2cccnc2)cc1. The van der Waals surface area contributed by atoms with Crippen molar-refractivity contribution in [1.82, 2.24) is 9.88 Å². The van der Waals surface area contributed by atoms with Gasteiger partial charge in [-0.2, -0.15) is 0 Å². The number of carbonyl (C=O) groups excluding carboxylic acids is 1. The van der Waals surface area contributed by atoms with Crippen molar-refractivity contribution < 1.29 is 9.53 Å². The molecule has 0 unspecified atom stereocenters. The summed E-state index contributed by atoms with van der Waals surface area (Å²) in [6.45, 7) is 4.20. The Hall–Kier alpha value is -2.04. The largest absolute Gasteiger partial charge is 0.379 e. The smallest absolute Gasteiger partial charge is 0.164 e. The lowest BCUT2D eigenvalue weighted by molar-refractivity contribution is 0.0370. The lowest BCUT2D eigenvalue weighted by Gasteiger charge is -2.26. The summed E-state index contributed by atoms with van der Waals surface area (Å²) in [6.07, 6.45) is 4.15. The average Bonchev–Trinajstić information content (AvgIpc) is 2.61. The molecule has 1 fully saturated rings. The molecule has 0 saturated carbocycles. The highest BCUT2D eigenvalue weighted by atomic mass is 16.5. The molecule has 0 N–H and O–H groups in total. The summed E-state index contributed by atoms with van der Waals surface area (Å²) in [5.74, 6) is 0.198. The second kappa shape index (κ2) is 7.29. The minimum Gasteiger partial charge on any atom is -0.379 e. The van der Waals surface area contributed by atoms with E-state index in [-0.39, 0.29) is 5.78 Å². The van der Waals surface area contributed by atoms with E-state index in [1.807, 2.05) is 42.6 Å². The van der Waals surface area contributed by atoms with Gasteiger partial charge in [0, 0.05) is 44.0 Å². The zero-order valence-electron chi connectivity index (χ0n) is 12.6. The van der Waals surface area contributed by atoms with E-state index >= 15 is 0 Å². The third-order valence-corrected chi connectivity index (χ3v) is 3.96. The third-order valence-electron chi connectivity index (χ3n) is 3.96. The van der Waals surface area contributed by atoms with Gasteiger partial charge in [-0.15, -0.1) is 0 Å². The number of Topliss-reactive ketones (excluding diaryl/α,β-unsaturated/α-hetero) is 1. The molecule has 4 nitrogen and oxygen atoms in total. The van der Waals surface area contributed by atoms with Crippen molar-refractivity contribution in [3.63, 3.8) is 0 Å². The van der Waals surface area contributed by atoms with Crippen LogP contribution in [0.3, 0.4) is 0 Å². The maximum atomic E-state index is 12.3. The number of ketones is 1. The van der Waals surface area contributed by atoms with Crippen molar-refractivity contribution >= 4 is 5.78 Å². The molecule has 114 valence electrons. The van der Waals surface area contributed by atoms with E-state index in [0.29, 0.717) is 6.42 Å². The fourth-order valence-corrected chi connectivity index (χ4v) is 2.61. The molecule has 0 atom stereocenters. The Morgan fingerprint density at radius 1 is 1.09 bits per heavy atom. The first-order valence-electron chi connectivity index (χ1n) is 7.67. The number of morpholine rings is 1. The Bertz CT molecular complexity index is 605. The van der Waals surface area contributed by atoms with Crippen molar-refractivity contribution in [2.24, 2.45) is 0 Å². The molecule has 1 aliphatic rings. The van der Waals surface area contributed by atoms with Crippen LogP contribution in [-0.2, 0) is 4.74 Å². The van der Waals surface area contributed by atoms with Crippen LogP contribution in [-0.4, -0.2) is 48.5 Å². The van der Waals surface area contributed by atoms with E-state index in [1.54, 1.807) is 6.20 Å². The maximum absolute atomic E-state index is 12.3. The number of ether oxygens (including phenoxy) is 1. The van der Waals surface area contributed by atoms with Gasteiger partial charge in [0.2, 0.25) is 0 Å². The van der Waals surface area contributed by atoms with E-state index < -0.39 is 0 Å². The van der Waals surface area contributed by atoms with Gasteiger partial charge in [0.1, 0.15) is 0 Å². The van der Waals surface area contributed by atoms with Gasteiger partial charge >= 0.3 is 0 Å². The predicted octanol–water partition coefficient (Wildman–Crippen LogP) is 2.65. The number of pyridine rings is 1. The van der Waals surface area contributed by atoms with Gasteiger partial charge in [0.15, 0.2) is 5.78 Å². The fraction of sp³-hybridized carbons (Fsp3) is 0.333. The monoisotopic (exact) mass is 296 g/mol. The molecule has 1 aliphatic heterocycles. The summed E-state index contributed by atoms with van der Waals surface area (Å²) >= 11 is 0. The van der Waals surface area contributed by atoms with Gasteiger partial charge in [0.25, 0.3) is 0 Å². The van der Waals surface area contributed by atoms with Crippen LogP contribution < -0.4 is 0 Å². The van der Waals surface area contributed by atoms with Crippen LogP contribution in [0.15, 0.2) is 48.8 Å². The van der Waals surface area contributed by atoms with Gasteiger partial charge in [-0.05, 0) is 17.2 Å². The summed E-state index contributed by atoms with van der Waals surface area (Å²) in [5, 5.41) is 0. The lowest BCUT2D eigenvalue weighted by Crippen LogP contribution is -2.37. The minimum absolute atomic E-state index is 0.198.